The van der Waals surface area contributed by atoms with Crippen molar-refractivity contribution >= 4 is 22.7 Å². The van der Waals surface area contributed by atoms with Gasteiger partial charge in [0.05, 0.1) is 34.8 Å². The van der Waals surface area contributed by atoms with Crippen molar-refractivity contribution in [1.82, 2.24) is 14.9 Å². The van der Waals surface area contributed by atoms with Gasteiger partial charge in [0.15, 0.2) is 0 Å². The number of halogens is 4. The van der Waals surface area contributed by atoms with Crippen LogP contribution in [-0.4, -0.2) is 62.2 Å². The number of nitrogens with zero attached hydrogens (tertiary/aromatic N) is 4. The summed E-state index contributed by atoms with van der Waals surface area (Å²) in [5.74, 6) is -0.524. The van der Waals surface area contributed by atoms with Crippen LogP contribution in [0.4, 0.5) is 28.2 Å². The Morgan fingerprint density at radius 1 is 1.10 bits per heavy atom. The molecule has 2 aliphatic heterocycles. The lowest BCUT2D eigenvalue weighted by atomic mass is 9.90. The first kappa shape index (κ1) is 31.1. The maximum Gasteiger partial charge on any atom is 0.417 e. The van der Waals surface area contributed by atoms with E-state index in [-0.39, 0.29) is 41.4 Å². The number of fused-ring (bicyclic) bond motifs is 1. The third-order valence-corrected chi connectivity index (χ3v) is 7.98. The Morgan fingerprint density at radius 3 is 2.34 bits per heavy atom. The zero-order valence-electron chi connectivity index (χ0n) is 24.5. The van der Waals surface area contributed by atoms with Gasteiger partial charge in [-0.1, -0.05) is 6.07 Å². The number of alkyl halides is 3. The van der Waals surface area contributed by atoms with Crippen LogP contribution < -0.4 is 4.90 Å². The third kappa shape index (κ3) is 6.35. The maximum absolute atomic E-state index is 15.3. The minimum atomic E-state index is -4.79. The van der Waals surface area contributed by atoms with E-state index in [0.29, 0.717) is 30.2 Å². The number of aryl methyl sites for hydroxylation is 2. The maximum atomic E-state index is 15.3. The van der Waals surface area contributed by atoms with Crippen LogP contribution in [0.3, 0.4) is 0 Å². The number of hydrogen-bond donors (Lipinski definition) is 0. The molecule has 2 unspecified atom stereocenters. The molecule has 0 radical (unpaired) electrons. The monoisotopic (exact) mass is 600 g/mol. The van der Waals surface area contributed by atoms with Crippen LogP contribution in [0.5, 0.6) is 0 Å². The van der Waals surface area contributed by atoms with Gasteiger partial charge in [0, 0.05) is 49.0 Å². The number of aromatic nitrogens is 2. The standard InChI is InChI=1S/C28H36F4N4O4S/c1-14-9-15(2)23(29)21(22(14)28(30,31)32)20-10-19-18(13-39-20)24(34-25(33-19)41(8)38)35-11-17(4)36(12-16(35)3)26(37)40-27(5,6)7/h9,16-17,20H,10-13H2,1-8H3/t16-,17+,20?,41?/m0/s1. The number of hydrogen-bond acceptors (Lipinski definition) is 7. The van der Waals surface area contributed by atoms with Crippen LogP contribution in [0.25, 0.3) is 0 Å². The van der Waals surface area contributed by atoms with E-state index in [0.717, 1.165) is 0 Å². The van der Waals surface area contributed by atoms with Gasteiger partial charge in [0.1, 0.15) is 17.2 Å². The highest BCUT2D eigenvalue weighted by molar-refractivity contribution is 7.84. The number of amides is 1. The van der Waals surface area contributed by atoms with Crippen LogP contribution in [0, 0.1) is 19.7 Å². The van der Waals surface area contributed by atoms with Crippen LogP contribution in [-0.2, 0) is 39.5 Å². The van der Waals surface area contributed by atoms with E-state index in [1.54, 1.807) is 25.7 Å². The number of rotatable bonds is 3. The lowest BCUT2D eigenvalue weighted by Gasteiger charge is -2.45. The molecule has 226 valence electrons. The second-order valence-electron chi connectivity index (χ2n) is 11.8. The van der Waals surface area contributed by atoms with Crippen LogP contribution >= 0.6 is 0 Å². The van der Waals surface area contributed by atoms with Crippen molar-refractivity contribution in [2.75, 3.05) is 24.2 Å². The summed E-state index contributed by atoms with van der Waals surface area (Å²) < 4.78 is 81.5. The SMILES string of the molecule is Cc1cc(C)c(C(F)(F)F)c(C2Cc3nc(S(C)=O)nc(N4C[C@@H](C)N(C(=O)OC(C)(C)C)C[C@@H]4C)c3CO2)c1F. The number of carbonyl (C=O) groups is 1. The highest BCUT2D eigenvalue weighted by Crippen LogP contribution is 2.44. The molecule has 1 saturated heterocycles. The molecule has 0 N–H and O–H groups in total. The highest BCUT2D eigenvalue weighted by atomic mass is 32.2. The smallest absolute Gasteiger partial charge is 0.417 e. The molecule has 1 aromatic carbocycles. The predicted octanol–water partition coefficient (Wildman–Crippen LogP) is 5.64. The van der Waals surface area contributed by atoms with E-state index in [4.69, 9.17) is 9.47 Å². The van der Waals surface area contributed by atoms with Gasteiger partial charge in [-0.15, -0.1) is 0 Å². The minimum absolute atomic E-state index is 0.0192. The highest BCUT2D eigenvalue weighted by Gasteiger charge is 2.42. The first-order valence-corrected chi connectivity index (χ1v) is 14.9. The summed E-state index contributed by atoms with van der Waals surface area (Å²) in [6.45, 7) is 12.4. The molecule has 8 nitrogen and oxygen atoms in total. The Kier molecular flexibility index (Phi) is 8.45. The fraction of sp³-hybridized carbons (Fsp3) is 0.607. The Hall–Kier alpha value is -2.80. The second kappa shape index (κ2) is 11.1. The molecule has 2 aliphatic rings. The van der Waals surface area contributed by atoms with Gasteiger partial charge in [0.25, 0.3) is 0 Å². The second-order valence-corrected chi connectivity index (χ2v) is 13.1. The van der Waals surface area contributed by atoms with Crippen molar-refractivity contribution in [3.8, 4) is 0 Å². The molecule has 0 saturated carbocycles. The van der Waals surface area contributed by atoms with Gasteiger partial charge < -0.3 is 19.3 Å². The quantitative estimate of drug-likeness (QED) is 0.333. The number of benzene rings is 1. The van der Waals surface area contributed by atoms with Gasteiger partial charge in [0.2, 0.25) is 5.16 Å². The summed E-state index contributed by atoms with van der Waals surface area (Å²) in [6.07, 6.45) is -5.21. The Labute approximate surface area is 239 Å². The van der Waals surface area contributed by atoms with Crippen molar-refractivity contribution in [3.05, 3.63) is 45.4 Å². The summed E-state index contributed by atoms with van der Waals surface area (Å²) in [4.78, 5) is 25.4. The van der Waals surface area contributed by atoms with Crippen LogP contribution in [0.1, 0.15) is 74.2 Å². The van der Waals surface area contributed by atoms with Crippen LogP contribution in [0.15, 0.2) is 11.2 Å². The molecule has 1 fully saturated rings. The molecule has 2 aromatic rings. The van der Waals surface area contributed by atoms with Crippen LogP contribution in [0.2, 0.25) is 0 Å². The number of ether oxygens (including phenoxy) is 2. The van der Waals surface area contributed by atoms with Crippen molar-refractivity contribution < 1.29 is 36.0 Å². The molecular formula is C28H36F4N4O4S. The summed E-state index contributed by atoms with van der Waals surface area (Å²) in [5, 5.41) is 0.0192. The molecule has 0 aliphatic carbocycles. The first-order chi connectivity index (χ1) is 18.9. The summed E-state index contributed by atoms with van der Waals surface area (Å²) in [6, 6.07) is 0.678. The molecule has 3 heterocycles. The van der Waals surface area contributed by atoms with E-state index in [1.807, 2.05) is 18.7 Å². The van der Waals surface area contributed by atoms with Gasteiger partial charge >= 0.3 is 12.3 Å². The normalized spacial score (nSPS) is 22.4. The van der Waals surface area contributed by atoms with E-state index in [1.165, 1.54) is 26.2 Å². The van der Waals surface area contributed by atoms with E-state index in [9.17, 15) is 22.2 Å². The number of carbonyl (C=O) groups excluding carboxylic acids is 1. The molecule has 41 heavy (non-hydrogen) atoms. The number of anilines is 1. The zero-order chi connectivity index (χ0) is 30.6. The first-order valence-electron chi connectivity index (χ1n) is 13.4. The molecule has 1 aromatic heterocycles. The zero-order valence-corrected chi connectivity index (χ0v) is 25.3. The summed E-state index contributed by atoms with van der Waals surface area (Å²) >= 11 is 0. The van der Waals surface area contributed by atoms with Gasteiger partial charge in [-0.05, 0) is 59.6 Å². The van der Waals surface area contributed by atoms with Crippen molar-refractivity contribution in [2.45, 2.75) is 96.6 Å². The molecular weight excluding hydrogens is 564 g/mol. The van der Waals surface area contributed by atoms with Crippen molar-refractivity contribution in [2.24, 2.45) is 0 Å². The Bertz CT molecular complexity index is 1380. The average molecular weight is 601 g/mol. The van der Waals surface area contributed by atoms with E-state index >= 15 is 4.39 Å². The minimum Gasteiger partial charge on any atom is -0.444 e. The topological polar surface area (TPSA) is 84.9 Å². The summed E-state index contributed by atoms with van der Waals surface area (Å²) in [5.41, 5.74) is -1.36. The van der Waals surface area contributed by atoms with Crippen molar-refractivity contribution in [1.29, 1.82) is 0 Å². The lowest BCUT2D eigenvalue weighted by Crippen LogP contribution is -2.59. The predicted molar refractivity (Wildman–Crippen MR) is 146 cm³/mol. The fourth-order valence-electron chi connectivity index (χ4n) is 5.45. The lowest BCUT2D eigenvalue weighted by molar-refractivity contribution is -0.140. The molecule has 4 atom stereocenters. The van der Waals surface area contributed by atoms with Gasteiger partial charge in [-0.3, -0.25) is 4.21 Å². The largest absolute Gasteiger partial charge is 0.444 e. The Morgan fingerprint density at radius 2 is 1.76 bits per heavy atom. The molecule has 0 spiro atoms. The molecule has 13 heteroatoms. The van der Waals surface area contributed by atoms with Crippen molar-refractivity contribution in [3.63, 3.8) is 0 Å². The van der Waals surface area contributed by atoms with Gasteiger partial charge in [-0.25, -0.2) is 19.2 Å². The van der Waals surface area contributed by atoms with Gasteiger partial charge in [-0.2, -0.15) is 13.2 Å². The average Bonchev–Trinajstić information content (AvgIpc) is 2.84. The Balaban J connectivity index is 1.73. The third-order valence-electron chi connectivity index (χ3n) is 7.29. The molecule has 4 rings (SSSR count). The van der Waals surface area contributed by atoms with E-state index in [2.05, 4.69) is 9.97 Å². The summed E-state index contributed by atoms with van der Waals surface area (Å²) in [7, 11) is -1.60. The molecule has 1 amide bonds. The molecule has 0 bridgehead atoms. The number of piperazine rings is 1. The fourth-order valence-corrected chi connectivity index (χ4v) is 5.91. The van der Waals surface area contributed by atoms with E-state index < -0.39 is 51.7 Å².